The Morgan fingerprint density at radius 3 is 1.94 bits per heavy atom. The van der Waals surface area contributed by atoms with Gasteiger partial charge in [-0.1, -0.05) is 31.2 Å². The third kappa shape index (κ3) is 1.81. The monoisotopic (exact) mass is 230 g/mol. The predicted molar refractivity (Wildman–Crippen MR) is 70.1 cm³/mol. The Kier molecular flexibility index (Phi) is 2.55. The van der Waals surface area contributed by atoms with Crippen molar-refractivity contribution in [2.75, 3.05) is 0 Å². The molecule has 92 valence electrons. The van der Waals surface area contributed by atoms with Gasteiger partial charge in [0.05, 0.1) is 5.60 Å². The summed E-state index contributed by atoms with van der Waals surface area (Å²) in [6.07, 6.45) is 7.65. The SMILES string of the molecule is CCc1ccc(C23CCC(O)(CC2)CC3)cc1. The maximum absolute atomic E-state index is 10.3. The molecular weight excluding hydrogens is 208 g/mol. The summed E-state index contributed by atoms with van der Waals surface area (Å²) in [5.74, 6) is 0. The van der Waals surface area contributed by atoms with E-state index in [4.69, 9.17) is 0 Å². The minimum absolute atomic E-state index is 0.314. The number of benzene rings is 1. The third-order valence-electron chi connectivity index (χ3n) is 5.18. The van der Waals surface area contributed by atoms with Gasteiger partial charge in [0.25, 0.3) is 0 Å². The van der Waals surface area contributed by atoms with Crippen molar-refractivity contribution in [1.29, 1.82) is 0 Å². The Morgan fingerprint density at radius 1 is 0.941 bits per heavy atom. The fourth-order valence-electron chi connectivity index (χ4n) is 3.69. The second-order valence-electron chi connectivity index (χ2n) is 6.06. The molecule has 1 aromatic carbocycles. The first-order valence-electron chi connectivity index (χ1n) is 6.98. The molecule has 0 aliphatic heterocycles. The van der Waals surface area contributed by atoms with Gasteiger partial charge in [0.2, 0.25) is 0 Å². The first kappa shape index (κ1) is 11.3. The molecular formula is C16H22O. The predicted octanol–water partition coefficient (Wildman–Crippen LogP) is 3.59. The van der Waals surface area contributed by atoms with Crippen molar-refractivity contribution in [3.63, 3.8) is 0 Å². The van der Waals surface area contributed by atoms with Gasteiger partial charge in [0, 0.05) is 0 Å². The van der Waals surface area contributed by atoms with Crippen molar-refractivity contribution in [2.45, 2.75) is 62.9 Å². The Labute approximate surface area is 104 Å². The van der Waals surface area contributed by atoms with Crippen LogP contribution >= 0.6 is 0 Å². The molecule has 4 rings (SSSR count). The molecule has 0 atom stereocenters. The van der Waals surface area contributed by atoms with Gasteiger partial charge in [0.15, 0.2) is 0 Å². The van der Waals surface area contributed by atoms with Crippen LogP contribution in [-0.4, -0.2) is 10.7 Å². The van der Waals surface area contributed by atoms with Crippen LogP contribution < -0.4 is 0 Å². The van der Waals surface area contributed by atoms with Crippen molar-refractivity contribution in [1.82, 2.24) is 0 Å². The first-order chi connectivity index (χ1) is 8.16. The lowest BCUT2D eigenvalue weighted by Crippen LogP contribution is -2.48. The molecule has 0 unspecified atom stereocenters. The summed E-state index contributed by atoms with van der Waals surface area (Å²) < 4.78 is 0. The van der Waals surface area contributed by atoms with Crippen molar-refractivity contribution < 1.29 is 5.11 Å². The summed E-state index contributed by atoms with van der Waals surface area (Å²) in [4.78, 5) is 0. The first-order valence-corrected chi connectivity index (χ1v) is 6.98. The average Bonchev–Trinajstić information content (AvgIpc) is 2.40. The van der Waals surface area contributed by atoms with E-state index in [0.717, 1.165) is 25.7 Å². The van der Waals surface area contributed by atoms with Gasteiger partial charge in [-0.15, -0.1) is 0 Å². The number of hydrogen-bond donors (Lipinski definition) is 1. The van der Waals surface area contributed by atoms with E-state index in [0.29, 0.717) is 5.41 Å². The highest BCUT2D eigenvalue weighted by atomic mass is 16.3. The molecule has 1 N–H and O–H groups in total. The molecule has 3 saturated carbocycles. The highest BCUT2D eigenvalue weighted by Gasteiger charge is 2.48. The summed E-state index contributed by atoms with van der Waals surface area (Å²) >= 11 is 0. The number of aryl methyl sites for hydroxylation is 1. The van der Waals surface area contributed by atoms with Crippen LogP contribution in [-0.2, 0) is 11.8 Å². The van der Waals surface area contributed by atoms with E-state index in [1.165, 1.54) is 30.4 Å². The second kappa shape index (κ2) is 3.84. The van der Waals surface area contributed by atoms with Crippen LogP contribution in [0.5, 0.6) is 0 Å². The molecule has 0 spiro atoms. The normalized spacial score (nSPS) is 36.1. The molecule has 0 aromatic heterocycles. The smallest absolute Gasteiger partial charge is 0.0648 e. The van der Waals surface area contributed by atoms with Crippen LogP contribution in [0.25, 0.3) is 0 Å². The minimum Gasteiger partial charge on any atom is -0.390 e. The van der Waals surface area contributed by atoms with Crippen LogP contribution in [0.15, 0.2) is 24.3 Å². The van der Waals surface area contributed by atoms with E-state index in [-0.39, 0.29) is 5.60 Å². The molecule has 0 heterocycles. The van der Waals surface area contributed by atoms with Gasteiger partial charge in [0.1, 0.15) is 0 Å². The molecule has 3 aliphatic carbocycles. The molecule has 2 bridgehead atoms. The minimum atomic E-state index is -0.314. The van der Waals surface area contributed by atoms with Crippen LogP contribution in [0.1, 0.15) is 56.6 Å². The van der Waals surface area contributed by atoms with E-state index >= 15 is 0 Å². The van der Waals surface area contributed by atoms with Gasteiger partial charge < -0.3 is 5.11 Å². The van der Waals surface area contributed by atoms with Crippen LogP contribution in [0, 0.1) is 0 Å². The maximum Gasteiger partial charge on any atom is 0.0648 e. The lowest BCUT2D eigenvalue weighted by Gasteiger charge is -2.51. The van der Waals surface area contributed by atoms with Gasteiger partial charge >= 0.3 is 0 Å². The van der Waals surface area contributed by atoms with Crippen molar-refractivity contribution in [3.05, 3.63) is 35.4 Å². The largest absolute Gasteiger partial charge is 0.390 e. The topological polar surface area (TPSA) is 20.2 Å². The number of fused-ring (bicyclic) bond motifs is 3. The molecule has 3 aliphatic rings. The van der Waals surface area contributed by atoms with E-state index in [2.05, 4.69) is 31.2 Å². The molecule has 1 aromatic rings. The fraction of sp³-hybridized carbons (Fsp3) is 0.625. The molecule has 0 radical (unpaired) electrons. The zero-order valence-corrected chi connectivity index (χ0v) is 10.7. The molecule has 0 saturated heterocycles. The summed E-state index contributed by atoms with van der Waals surface area (Å²) in [6.45, 7) is 2.20. The van der Waals surface area contributed by atoms with Gasteiger partial charge in [-0.25, -0.2) is 0 Å². The summed E-state index contributed by atoms with van der Waals surface area (Å²) in [5.41, 5.74) is 3.01. The Morgan fingerprint density at radius 2 is 1.47 bits per heavy atom. The quantitative estimate of drug-likeness (QED) is 0.823. The second-order valence-corrected chi connectivity index (χ2v) is 6.06. The Balaban J connectivity index is 1.88. The van der Waals surface area contributed by atoms with Crippen LogP contribution in [0.3, 0.4) is 0 Å². The summed E-state index contributed by atoms with van der Waals surface area (Å²) in [6, 6.07) is 9.21. The van der Waals surface area contributed by atoms with E-state index in [1.807, 2.05) is 0 Å². The lowest BCUT2D eigenvalue weighted by atomic mass is 9.56. The number of hydrogen-bond acceptors (Lipinski definition) is 1. The standard InChI is InChI=1S/C16H22O/c1-2-13-3-5-14(6-4-13)15-7-10-16(17,11-8-15)12-9-15/h3-6,17H,2,7-12H2,1H3. The maximum atomic E-state index is 10.3. The van der Waals surface area contributed by atoms with Crippen LogP contribution in [0.2, 0.25) is 0 Å². The third-order valence-corrected chi connectivity index (χ3v) is 5.18. The molecule has 1 heteroatoms. The Hall–Kier alpha value is -0.820. The van der Waals surface area contributed by atoms with Crippen molar-refractivity contribution in [2.24, 2.45) is 0 Å². The zero-order chi connectivity index (χ0) is 11.9. The highest BCUT2D eigenvalue weighted by Crippen LogP contribution is 2.53. The van der Waals surface area contributed by atoms with E-state index in [9.17, 15) is 5.11 Å². The molecule has 17 heavy (non-hydrogen) atoms. The molecule has 0 amide bonds. The van der Waals surface area contributed by atoms with E-state index in [1.54, 1.807) is 0 Å². The number of aliphatic hydroxyl groups is 1. The van der Waals surface area contributed by atoms with E-state index < -0.39 is 0 Å². The van der Waals surface area contributed by atoms with Crippen molar-refractivity contribution >= 4 is 0 Å². The average molecular weight is 230 g/mol. The highest BCUT2D eigenvalue weighted by molar-refractivity contribution is 5.31. The summed E-state index contributed by atoms with van der Waals surface area (Å²) in [5, 5.41) is 10.3. The number of rotatable bonds is 2. The molecule has 1 nitrogen and oxygen atoms in total. The van der Waals surface area contributed by atoms with Gasteiger partial charge in [-0.2, -0.15) is 0 Å². The van der Waals surface area contributed by atoms with Gasteiger partial charge in [-0.3, -0.25) is 0 Å². The van der Waals surface area contributed by atoms with Crippen molar-refractivity contribution in [3.8, 4) is 0 Å². The van der Waals surface area contributed by atoms with Crippen LogP contribution in [0.4, 0.5) is 0 Å². The lowest BCUT2D eigenvalue weighted by molar-refractivity contribution is -0.0660. The summed E-state index contributed by atoms with van der Waals surface area (Å²) in [7, 11) is 0. The zero-order valence-electron chi connectivity index (χ0n) is 10.7. The molecule has 3 fully saturated rings. The van der Waals surface area contributed by atoms with Gasteiger partial charge in [-0.05, 0) is 61.5 Å². The fourth-order valence-corrected chi connectivity index (χ4v) is 3.69. The Bertz CT molecular complexity index is 380.